The number of aromatic nitrogens is 2. The number of rotatable bonds is 5. The molecule has 45 heavy (non-hydrogen) atoms. The topological polar surface area (TPSA) is 68.6 Å². The van der Waals surface area contributed by atoms with E-state index in [1.54, 1.807) is 14.2 Å². The molecular formula is C38H31N3O3S. The molecule has 1 atom stereocenters. The zero-order valence-corrected chi connectivity index (χ0v) is 26.1. The Hall–Kier alpha value is -5.14. The molecule has 1 N–H and O–H groups in total. The van der Waals surface area contributed by atoms with Crippen LogP contribution < -0.4 is 24.4 Å². The second-order valence-electron chi connectivity index (χ2n) is 11.5. The number of hydrogen-bond acceptors (Lipinski definition) is 5. The third-order valence-electron chi connectivity index (χ3n) is 9.02. The number of aromatic amines is 1. The summed E-state index contributed by atoms with van der Waals surface area (Å²) in [7, 11) is 3.27. The summed E-state index contributed by atoms with van der Waals surface area (Å²) in [6, 6.07) is 30.7. The molecule has 0 unspecified atom stereocenters. The van der Waals surface area contributed by atoms with Crippen LogP contribution in [0.25, 0.3) is 33.9 Å². The lowest BCUT2D eigenvalue weighted by molar-refractivity contribution is 0.354. The van der Waals surface area contributed by atoms with Crippen molar-refractivity contribution in [2.24, 2.45) is 4.99 Å². The highest BCUT2D eigenvalue weighted by Crippen LogP contribution is 2.43. The van der Waals surface area contributed by atoms with Gasteiger partial charge in [-0.15, -0.1) is 0 Å². The van der Waals surface area contributed by atoms with Crippen LogP contribution in [0.1, 0.15) is 40.3 Å². The summed E-state index contributed by atoms with van der Waals surface area (Å²) in [4.78, 5) is 24.1. The van der Waals surface area contributed by atoms with Crippen LogP contribution >= 0.6 is 11.3 Å². The summed E-state index contributed by atoms with van der Waals surface area (Å²) in [6.07, 6.45) is 3.76. The summed E-state index contributed by atoms with van der Waals surface area (Å²) in [5.74, 6) is 1.29. The van der Waals surface area contributed by atoms with E-state index < -0.39 is 0 Å². The average Bonchev–Trinajstić information content (AvgIpc) is 3.61. The lowest BCUT2D eigenvalue weighted by Crippen LogP contribution is -2.38. The Balaban J connectivity index is 1.40. The van der Waals surface area contributed by atoms with E-state index in [0.717, 1.165) is 68.5 Å². The van der Waals surface area contributed by atoms with E-state index in [4.69, 9.17) is 14.5 Å². The smallest absolute Gasteiger partial charge is 0.271 e. The minimum Gasteiger partial charge on any atom is -0.493 e. The van der Waals surface area contributed by atoms with Gasteiger partial charge >= 0.3 is 0 Å². The Morgan fingerprint density at radius 1 is 0.911 bits per heavy atom. The van der Waals surface area contributed by atoms with Crippen molar-refractivity contribution in [3.8, 4) is 22.8 Å². The van der Waals surface area contributed by atoms with Gasteiger partial charge in [-0.1, -0.05) is 90.2 Å². The summed E-state index contributed by atoms with van der Waals surface area (Å²) in [6.45, 7) is 2.11. The molecule has 0 bridgehead atoms. The van der Waals surface area contributed by atoms with Crippen molar-refractivity contribution in [2.45, 2.75) is 25.8 Å². The minimum atomic E-state index is -0.314. The maximum atomic E-state index is 14.6. The molecule has 222 valence electrons. The zero-order chi connectivity index (χ0) is 30.7. The predicted octanol–water partition coefficient (Wildman–Crippen LogP) is 6.79. The van der Waals surface area contributed by atoms with E-state index in [2.05, 4.69) is 66.5 Å². The minimum absolute atomic E-state index is 0.0510. The first-order valence-electron chi connectivity index (χ1n) is 15.1. The first kappa shape index (κ1) is 27.4. The SMILES string of the molecule is COc1ccc([C@H]2C3=C(N=c4s/c(=C/c5c(-c6ccccc6)[nH]c6c(C)cccc56)c(=O)n42)c2ccccc2CC3)cc1OC. The van der Waals surface area contributed by atoms with E-state index in [0.29, 0.717) is 20.8 Å². The number of thiazole rings is 1. The van der Waals surface area contributed by atoms with E-state index in [1.807, 2.05) is 47.0 Å². The Morgan fingerprint density at radius 3 is 2.53 bits per heavy atom. The molecule has 0 fully saturated rings. The van der Waals surface area contributed by atoms with Crippen molar-refractivity contribution >= 4 is 34.0 Å². The van der Waals surface area contributed by atoms with E-state index in [9.17, 15) is 4.79 Å². The van der Waals surface area contributed by atoms with Crippen molar-refractivity contribution in [1.82, 2.24) is 9.55 Å². The number of nitrogens with zero attached hydrogens (tertiary/aromatic N) is 2. The van der Waals surface area contributed by atoms with E-state index in [1.165, 1.54) is 16.9 Å². The van der Waals surface area contributed by atoms with Gasteiger partial charge in [-0.05, 0) is 65.8 Å². The van der Waals surface area contributed by atoms with Crippen LogP contribution in [0.2, 0.25) is 0 Å². The number of fused-ring (bicyclic) bond motifs is 4. The van der Waals surface area contributed by atoms with Crippen molar-refractivity contribution in [3.05, 3.63) is 144 Å². The number of aryl methyl sites for hydroxylation is 2. The zero-order valence-electron chi connectivity index (χ0n) is 25.3. The summed E-state index contributed by atoms with van der Waals surface area (Å²) in [5.41, 5.74) is 10.8. The number of allylic oxidation sites excluding steroid dienone is 1. The summed E-state index contributed by atoms with van der Waals surface area (Å²) < 4.78 is 13.8. The lowest BCUT2D eigenvalue weighted by atomic mass is 9.83. The highest BCUT2D eigenvalue weighted by Gasteiger charge is 2.33. The van der Waals surface area contributed by atoms with Crippen LogP contribution in [0, 0.1) is 6.92 Å². The number of para-hydroxylation sites is 1. The third-order valence-corrected chi connectivity index (χ3v) is 10.00. The third kappa shape index (κ3) is 4.37. The van der Waals surface area contributed by atoms with Gasteiger partial charge in [0.2, 0.25) is 0 Å². The van der Waals surface area contributed by atoms with Crippen LogP contribution in [0.5, 0.6) is 11.5 Å². The molecule has 2 aromatic heterocycles. The van der Waals surface area contributed by atoms with Crippen LogP contribution in [-0.4, -0.2) is 23.8 Å². The lowest BCUT2D eigenvalue weighted by Gasteiger charge is -2.31. The van der Waals surface area contributed by atoms with Crippen molar-refractivity contribution in [3.63, 3.8) is 0 Å². The fraction of sp³-hybridized carbons (Fsp3) is 0.158. The highest BCUT2D eigenvalue weighted by atomic mass is 32.1. The number of nitrogens with one attached hydrogen (secondary N) is 1. The molecule has 0 spiro atoms. The van der Waals surface area contributed by atoms with Gasteiger partial charge in [0.25, 0.3) is 5.56 Å². The standard InChI is InChI=1S/C38H31N3O3S/c1-22-10-9-15-27-29(34(39-33(22)27)24-12-5-4-6-13-24)21-32-37(42)41-36(25-17-19-30(43-2)31(20-25)44-3)28-18-16-23-11-7-8-14-26(23)35(28)40-38(41)45-32/h4-15,17,19-21,36,39H,16,18H2,1-3H3/b32-21+/t36-/m0/s1. The molecule has 0 radical (unpaired) electrons. The second kappa shape index (κ2) is 10.8. The van der Waals surface area contributed by atoms with Gasteiger partial charge < -0.3 is 14.5 Å². The molecule has 1 aliphatic heterocycles. The van der Waals surface area contributed by atoms with Gasteiger partial charge in [-0.2, -0.15) is 0 Å². The second-order valence-corrected chi connectivity index (χ2v) is 12.5. The van der Waals surface area contributed by atoms with Crippen molar-refractivity contribution in [2.75, 3.05) is 14.2 Å². The number of benzene rings is 4. The number of hydrogen-bond donors (Lipinski definition) is 1. The number of methoxy groups -OCH3 is 2. The number of ether oxygens (including phenoxy) is 2. The quantitative estimate of drug-likeness (QED) is 0.234. The predicted molar refractivity (Wildman–Crippen MR) is 181 cm³/mol. The molecule has 2 aliphatic rings. The maximum absolute atomic E-state index is 14.6. The van der Waals surface area contributed by atoms with Crippen LogP contribution in [0.4, 0.5) is 0 Å². The summed E-state index contributed by atoms with van der Waals surface area (Å²) in [5, 5.41) is 1.09. The molecule has 0 saturated carbocycles. The normalized spacial score (nSPS) is 15.8. The van der Waals surface area contributed by atoms with Crippen molar-refractivity contribution in [1.29, 1.82) is 0 Å². The van der Waals surface area contributed by atoms with Crippen LogP contribution in [0.3, 0.4) is 0 Å². The molecule has 8 rings (SSSR count). The monoisotopic (exact) mass is 609 g/mol. The Morgan fingerprint density at radius 2 is 1.71 bits per heavy atom. The van der Waals surface area contributed by atoms with Crippen LogP contribution in [0.15, 0.2) is 106 Å². The fourth-order valence-corrected chi connectivity index (χ4v) is 7.83. The Bertz CT molecular complexity index is 2340. The molecular weight excluding hydrogens is 579 g/mol. The van der Waals surface area contributed by atoms with Crippen LogP contribution in [-0.2, 0) is 6.42 Å². The van der Waals surface area contributed by atoms with E-state index in [-0.39, 0.29) is 11.6 Å². The molecule has 7 heteroatoms. The van der Waals surface area contributed by atoms with E-state index >= 15 is 0 Å². The Labute approximate surface area is 264 Å². The van der Waals surface area contributed by atoms with Gasteiger partial charge in [-0.3, -0.25) is 9.36 Å². The van der Waals surface area contributed by atoms with Gasteiger partial charge in [0, 0.05) is 22.0 Å². The fourth-order valence-electron chi connectivity index (χ4n) is 6.84. The largest absolute Gasteiger partial charge is 0.493 e. The van der Waals surface area contributed by atoms with Gasteiger partial charge in [0.15, 0.2) is 16.3 Å². The summed E-state index contributed by atoms with van der Waals surface area (Å²) >= 11 is 1.45. The molecule has 1 aliphatic carbocycles. The molecule has 3 heterocycles. The highest BCUT2D eigenvalue weighted by molar-refractivity contribution is 7.07. The molecule has 0 amide bonds. The van der Waals surface area contributed by atoms with Gasteiger partial charge in [-0.25, -0.2) is 4.99 Å². The molecule has 6 aromatic rings. The molecule has 6 nitrogen and oxygen atoms in total. The van der Waals surface area contributed by atoms with Gasteiger partial charge in [0.05, 0.1) is 36.2 Å². The Kier molecular flexibility index (Phi) is 6.57. The average molecular weight is 610 g/mol. The number of H-pyrrole nitrogens is 1. The van der Waals surface area contributed by atoms with Gasteiger partial charge in [0.1, 0.15) is 0 Å². The van der Waals surface area contributed by atoms with Crippen molar-refractivity contribution < 1.29 is 9.47 Å². The first-order valence-corrected chi connectivity index (χ1v) is 15.9. The molecule has 4 aromatic carbocycles. The maximum Gasteiger partial charge on any atom is 0.271 e. The first-order chi connectivity index (χ1) is 22.1. The molecule has 0 saturated heterocycles.